The van der Waals surface area contributed by atoms with Gasteiger partial charge in [0.15, 0.2) is 0 Å². The van der Waals surface area contributed by atoms with Crippen LogP contribution >= 0.6 is 0 Å². The molecule has 55 heavy (non-hydrogen) atoms. The molecule has 0 aromatic heterocycles. The first-order chi connectivity index (χ1) is 25.8. The summed E-state index contributed by atoms with van der Waals surface area (Å²) in [6, 6.07) is 0. The van der Waals surface area contributed by atoms with E-state index in [1.807, 2.05) is 20.8 Å². The highest BCUT2D eigenvalue weighted by atomic mass is 16.6. The Morgan fingerprint density at radius 1 is 0.855 bits per heavy atom. The maximum absolute atomic E-state index is 13.5. The molecule has 13 heteroatoms. The predicted octanol–water partition coefficient (Wildman–Crippen LogP) is 6.37. The summed E-state index contributed by atoms with van der Waals surface area (Å²) in [5, 5.41) is 33.4. The van der Waals surface area contributed by atoms with Gasteiger partial charge in [0, 0.05) is 59.8 Å². The van der Waals surface area contributed by atoms with Crippen LogP contribution in [0.15, 0.2) is 23.3 Å². The summed E-state index contributed by atoms with van der Waals surface area (Å²) < 4.78 is 28.2. The van der Waals surface area contributed by atoms with Gasteiger partial charge in [-0.15, -0.1) is 0 Å². The molecule has 0 radical (unpaired) electrons. The van der Waals surface area contributed by atoms with E-state index in [1.165, 1.54) is 27.7 Å². The summed E-state index contributed by atoms with van der Waals surface area (Å²) in [4.78, 5) is 61.3. The molecule has 0 saturated heterocycles. The molecular weight excluding hydrogens is 712 g/mol. The Morgan fingerprint density at radius 3 is 2.00 bits per heavy atom. The zero-order valence-electron chi connectivity index (χ0n) is 34.8. The lowest BCUT2D eigenvalue weighted by atomic mass is 9.88. The zero-order valence-corrected chi connectivity index (χ0v) is 34.8. The van der Waals surface area contributed by atoms with E-state index in [0.29, 0.717) is 57.8 Å². The fourth-order valence-corrected chi connectivity index (χ4v) is 7.11. The van der Waals surface area contributed by atoms with Gasteiger partial charge >= 0.3 is 29.8 Å². The number of aliphatic hydroxyl groups is 3. The molecule has 1 heterocycles. The molecule has 13 nitrogen and oxygen atoms in total. The van der Waals surface area contributed by atoms with Gasteiger partial charge in [-0.1, -0.05) is 43.6 Å². The van der Waals surface area contributed by atoms with Gasteiger partial charge in [0.25, 0.3) is 0 Å². The molecule has 0 fully saturated rings. The molecule has 3 N–H and O–H groups in total. The zero-order chi connectivity index (χ0) is 41.7. The molecule has 10 atom stereocenters. The summed E-state index contributed by atoms with van der Waals surface area (Å²) in [5.41, 5.74) is 1.87. The van der Waals surface area contributed by atoms with Crippen LogP contribution in [-0.4, -0.2) is 94.0 Å². The minimum absolute atomic E-state index is 0.0145. The largest absolute Gasteiger partial charge is 0.462 e. The lowest BCUT2D eigenvalue weighted by Gasteiger charge is -2.29. The van der Waals surface area contributed by atoms with E-state index in [2.05, 4.69) is 6.08 Å². The summed E-state index contributed by atoms with van der Waals surface area (Å²) in [7, 11) is 0. The predicted molar refractivity (Wildman–Crippen MR) is 206 cm³/mol. The second-order valence-electron chi connectivity index (χ2n) is 15.5. The number of aliphatic hydroxyl groups excluding tert-OH is 3. The van der Waals surface area contributed by atoms with Crippen LogP contribution in [0.5, 0.6) is 0 Å². The first-order valence-corrected chi connectivity index (χ1v) is 20.1. The Balaban J connectivity index is 3.36. The Bertz CT molecular complexity index is 1260. The molecule has 0 aromatic rings. The quantitative estimate of drug-likeness (QED) is 0.119. The molecule has 0 aliphatic carbocycles. The van der Waals surface area contributed by atoms with Crippen LogP contribution in [0.4, 0.5) is 0 Å². The van der Waals surface area contributed by atoms with E-state index < -0.39 is 78.4 Å². The molecule has 0 bridgehead atoms. The number of rotatable bonds is 11. The Hall–Kier alpha value is -3.29. The van der Waals surface area contributed by atoms with Crippen molar-refractivity contribution in [3.8, 4) is 0 Å². The monoisotopic (exact) mass is 782 g/mol. The summed E-state index contributed by atoms with van der Waals surface area (Å²) in [6.07, 6.45) is 3.43. The Labute approximate surface area is 328 Å². The first kappa shape index (κ1) is 49.7. The average Bonchev–Trinajstić information content (AvgIpc) is 3.05. The van der Waals surface area contributed by atoms with Gasteiger partial charge in [-0.05, 0) is 78.1 Å². The third-order valence-electron chi connectivity index (χ3n) is 9.85. The van der Waals surface area contributed by atoms with Crippen LogP contribution in [-0.2, 0) is 47.7 Å². The number of carbonyl (C=O) groups is 5. The summed E-state index contributed by atoms with van der Waals surface area (Å²) in [5.74, 6) is -3.97. The molecule has 0 saturated carbocycles. The smallest absolute Gasteiger partial charge is 0.311 e. The first-order valence-electron chi connectivity index (χ1n) is 20.1. The molecule has 10 unspecified atom stereocenters. The van der Waals surface area contributed by atoms with Crippen molar-refractivity contribution >= 4 is 29.8 Å². The second kappa shape index (κ2) is 26.5. The van der Waals surface area contributed by atoms with Gasteiger partial charge in [0.1, 0.15) is 30.5 Å². The van der Waals surface area contributed by atoms with Crippen molar-refractivity contribution in [3.63, 3.8) is 0 Å². The van der Waals surface area contributed by atoms with Crippen molar-refractivity contribution in [1.82, 2.24) is 0 Å². The van der Waals surface area contributed by atoms with Crippen LogP contribution in [0, 0.1) is 11.8 Å². The number of cyclic esters (lactones) is 1. The number of allylic oxidation sites excluding steroid dienone is 2. The number of esters is 5. The van der Waals surface area contributed by atoms with Gasteiger partial charge < -0.3 is 39.0 Å². The van der Waals surface area contributed by atoms with E-state index in [1.54, 1.807) is 19.9 Å². The molecule has 0 amide bonds. The van der Waals surface area contributed by atoms with Crippen molar-refractivity contribution in [1.29, 1.82) is 0 Å². The molecule has 0 aromatic carbocycles. The Kier molecular flexibility index (Phi) is 24.0. The van der Waals surface area contributed by atoms with Crippen LogP contribution in [0.1, 0.15) is 152 Å². The Morgan fingerprint density at radius 2 is 1.44 bits per heavy atom. The minimum Gasteiger partial charge on any atom is -0.462 e. The molecule has 0 spiro atoms. The lowest BCUT2D eigenvalue weighted by Crippen LogP contribution is -2.37. The maximum atomic E-state index is 13.5. The number of hydrogen-bond acceptors (Lipinski definition) is 13. The number of carbonyl (C=O) groups excluding carboxylic acids is 5. The highest BCUT2D eigenvalue weighted by Gasteiger charge is 2.33. The SMILES string of the molecule is CCCC(CC(C)=CC(O)CC1CC(O)CCCC=C(C)CCC(OC(C)=O)CC(OC(C)=O)CC(OC(C)=O)CCC(C)C(O)C(C)C(=O)O1)OC(C)=O. The van der Waals surface area contributed by atoms with E-state index in [0.717, 1.165) is 17.6 Å². The normalized spacial score (nSPS) is 28.5. The van der Waals surface area contributed by atoms with Gasteiger partial charge in [0.2, 0.25) is 0 Å². The molecule has 1 aliphatic rings. The van der Waals surface area contributed by atoms with E-state index in [-0.39, 0.29) is 37.8 Å². The maximum Gasteiger partial charge on any atom is 0.311 e. The average molecular weight is 783 g/mol. The number of hydrogen-bond donors (Lipinski definition) is 3. The molecule has 1 rings (SSSR count). The van der Waals surface area contributed by atoms with Crippen molar-refractivity contribution in [2.75, 3.05) is 0 Å². The van der Waals surface area contributed by atoms with Gasteiger partial charge in [-0.25, -0.2) is 0 Å². The highest BCUT2D eigenvalue weighted by Crippen LogP contribution is 2.27. The topological polar surface area (TPSA) is 192 Å². The van der Waals surface area contributed by atoms with Gasteiger partial charge in [-0.3, -0.25) is 24.0 Å². The van der Waals surface area contributed by atoms with Crippen LogP contribution in [0.2, 0.25) is 0 Å². The van der Waals surface area contributed by atoms with Gasteiger partial charge in [-0.2, -0.15) is 0 Å². The summed E-state index contributed by atoms with van der Waals surface area (Å²) >= 11 is 0. The van der Waals surface area contributed by atoms with Gasteiger partial charge in [0.05, 0.1) is 24.2 Å². The van der Waals surface area contributed by atoms with Crippen LogP contribution in [0.25, 0.3) is 0 Å². The summed E-state index contributed by atoms with van der Waals surface area (Å²) in [6.45, 7) is 14.4. The van der Waals surface area contributed by atoms with Crippen molar-refractivity contribution in [2.24, 2.45) is 11.8 Å². The minimum atomic E-state index is -1.13. The van der Waals surface area contributed by atoms with Crippen molar-refractivity contribution < 1.29 is 63.0 Å². The molecule has 316 valence electrons. The highest BCUT2D eigenvalue weighted by molar-refractivity contribution is 5.73. The van der Waals surface area contributed by atoms with Crippen molar-refractivity contribution in [3.05, 3.63) is 23.3 Å². The standard InChI is InChI=1S/C42H70O13/c1-10-13-36(51-30(6)43)21-27(3)20-35(48)23-39-22-34(47)15-12-11-14-26(2)16-18-37(52-31(7)44)24-40(54-33(9)46)25-38(53-32(8)45)19-17-28(4)41(49)29(5)42(50)55-39/h14,20,28-29,34-41,47-49H,10-13,15-19,21-25H2,1-9H3. The molecular formula is C42H70O13. The van der Waals surface area contributed by atoms with Crippen LogP contribution < -0.4 is 0 Å². The lowest BCUT2D eigenvalue weighted by molar-refractivity contribution is -0.161. The van der Waals surface area contributed by atoms with E-state index >= 15 is 0 Å². The third kappa shape index (κ3) is 22.8. The van der Waals surface area contributed by atoms with Crippen LogP contribution in [0.3, 0.4) is 0 Å². The fraction of sp³-hybridized carbons (Fsp3) is 0.786. The van der Waals surface area contributed by atoms with E-state index in [9.17, 15) is 39.3 Å². The molecule has 1 aliphatic heterocycles. The third-order valence-corrected chi connectivity index (χ3v) is 9.85. The van der Waals surface area contributed by atoms with E-state index in [4.69, 9.17) is 23.7 Å². The second-order valence-corrected chi connectivity index (χ2v) is 15.5. The fourth-order valence-electron chi connectivity index (χ4n) is 7.11. The number of ether oxygens (including phenoxy) is 5. The van der Waals surface area contributed by atoms with Crippen molar-refractivity contribution in [2.45, 2.75) is 201 Å².